The molecule has 0 aliphatic carbocycles. The number of hydrogen-bond acceptors (Lipinski definition) is 4. The maximum atomic E-state index is 10.7. The molecule has 0 unspecified atom stereocenters. The first-order chi connectivity index (χ1) is 8.62. The van der Waals surface area contributed by atoms with Gasteiger partial charge in [0.1, 0.15) is 0 Å². The number of nitro groups is 1. The Kier molecular flexibility index (Phi) is 5.42. The number of nitrogens with zero attached hydrogens (tertiary/aromatic N) is 1. The van der Waals surface area contributed by atoms with E-state index in [4.69, 9.17) is 9.47 Å². The molecule has 0 N–H and O–H groups in total. The van der Waals surface area contributed by atoms with Crippen LogP contribution >= 0.6 is 0 Å². The Labute approximate surface area is 107 Å². The Morgan fingerprint density at radius 3 is 2.44 bits per heavy atom. The summed E-state index contributed by atoms with van der Waals surface area (Å²) >= 11 is 0. The van der Waals surface area contributed by atoms with Crippen molar-refractivity contribution >= 4 is 5.69 Å². The van der Waals surface area contributed by atoms with Crippen LogP contribution in [-0.4, -0.2) is 18.6 Å². The number of benzene rings is 1. The van der Waals surface area contributed by atoms with Crippen LogP contribution in [0.1, 0.15) is 26.7 Å². The smallest absolute Gasteiger partial charge is 0.273 e. The highest BCUT2D eigenvalue weighted by Crippen LogP contribution is 2.31. The third kappa shape index (κ3) is 3.61. The van der Waals surface area contributed by atoms with E-state index >= 15 is 0 Å². The van der Waals surface area contributed by atoms with Gasteiger partial charge in [0.25, 0.3) is 5.69 Å². The molecule has 0 aromatic heterocycles. The maximum Gasteiger partial charge on any atom is 0.273 e. The molecule has 1 aromatic rings. The van der Waals surface area contributed by atoms with E-state index in [0.717, 1.165) is 12.8 Å². The number of ether oxygens (including phenoxy) is 2. The Morgan fingerprint density at radius 1 is 1.28 bits per heavy atom. The van der Waals surface area contributed by atoms with Crippen LogP contribution in [-0.2, 0) is 0 Å². The molecule has 0 fully saturated rings. The lowest BCUT2D eigenvalue weighted by molar-refractivity contribution is -0.385. The number of rotatable bonds is 7. The predicted molar refractivity (Wildman–Crippen MR) is 69.2 cm³/mol. The minimum absolute atomic E-state index is 0.00958. The van der Waals surface area contributed by atoms with Gasteiger partial charge in [-0.3, -0.25) is 10.1 Å². The van der Waals surface area contributed by atoms with Crippen molar-refractivity contribution in [3.8, 4) is 11.5 Å². The van der Waals surface area contributed by atoms with E-state index in [9.17, 15) is 10.1 Å². The van der Waals surface area contributed by atoms with Crippen molar-refractivity contribution in [1.82, 2.24) is 0 Å². The van der Waals surface area contributed by atoms with Gasteiger partial charge in [0.2, 0.25) is 0 Å². The summed E-state index contributed by atoms with van der Waals surface area (Å²) in [7, 11) is 1.52. The molecule has 5 nitrogen and oxygen atoms in total. The minimum Gasteiger partial charge on any atom is -0.493 e. The second-order valence-electron chi connectivity index (χ2n) is 4.09. The Hall–Kier alpha value is -1.78. The SMILES string of the molecule is CCC(CC)COc1cc([N+](=O)[O-])ccc1OC. The molecule has 1 rings (SSSR count). The zero-order valence-electron chi connectivity index (χ0n) is 11.0. The van der Waals surface area contributed by atoms with Crippen LogP contribution in [0.5, 0.6) is 11.5 Å². The lowest BCUT2D eigenvalue weighted by Gasteiger charge is -2.15. The average molecular weight is 253 g/mol. The third-order valence-electron chi connectivity index (χ3n) is 2.99. The second-order valence-corrected chi connectivity index (χ2v) is 4.09. The van der Waals surface area contributed by atoms with Gasteiger partial charge in [-0.1, -0.05) is 26.7 Å². The number of hydrogen-bond donors (Lipinski definition) is 0. The second kappa shape index (κ2) is 6.83. The molecule has 0 saturated heterocycles. The van der Waals surface area contributed by atoms with Crippen molar-refractivity contribution in [3.63, 3.8) is 0 Å². The average Bonchev–Trinajstić information content (AvgIpc) is 2.39. The molecule has 0 bridgehead atoms. The number of nitro benzene ring substituents is 1. The standard InChI is InChI=1S/C13H19NO4/c1-4-10(5-2)9-18-13-8-11(14(15)16)6-7-12(13)17-3/h6-8,10H,4-5,9H2,1-3H3. The highest BCUT2D eigenvalue weighted by Gasteiger charge is 2.13. The van der Waals surface area contributed by atoms with Crippen molar-refractivity contribution in [2.45, 2.75) is 26.7 Å². The van der Waals surface area contributed by atoms with E-state index in [0.29, 0.717) is 24.0 Å². The summed E-state index contributed by atoms with van der Waals surface area (Å²) in [5.74, 6) is 1.40. The van der Waals surface area contributed by atoms with E-state index in [1.165, 1.54) is 19.2 Å². The molecule has 5 heteroatoms. The third-order valence-corrected chi connectivity index (χ3v) is 2.99. The van der Waals surface area contributed by atoms with Gasteiger partial charge in [-0.05, 0) is 12.0 Å². The summed E-state index contributed by atoms with van der Waals surface area (Å²) in [6.07, 6.45) is 2.04. The molecular weight excluding hydrogens is 234 g/mol. The fraction of sp³-hybridized carbons (Fsp3) is 0.538. The lowest BCUT2D eigenvalue weighted by atomic mass is 10.1. The normalized spacial score (nSPS) is 10.4. The minimum atomic E-state index is -0.441. The van der Waals surface area contributed by atoms with Gasteiger partial charge in [-0.15, -0.1) is 0 Å². The van der Waals surface area contributed by atoms with Crippen LogP contribution in [0.15, 0.2) is 18.2 Å². The van der Waals surface area contributed by atoms with Gasteiger partial charge < -0.3 is 9.47 Å². The van der Waals surface area contributed by atoms with Crippen LogP contribution in [0.4, 0.5) is 5.69 Å². The van der Waals surface area contributed by atoms with Crippen LogP contribution in [0.25, 0.3) is 0 Å². The molecule has 1 aromatic carbocycles. The molecule has 0 aliphatic rings. The molecular formula is C13H19NO4. The number of non-ortho nitro benzene ring substituents is 1. The largest absolute Gasteiger partial charge is 0.493 e. The van der Waals surface area contributed by atoms with Crippen LogP contribution in [0.3, 0.4) is 0 Å². The van der Waals surface area contributed by atoms with E-state index in [2.05, 4.69) is 13.8 Å². The van der Waals surface area contributed by atoms with Crippen molar-refractivity contribution in [2.24, 2.45) is 5.92 Å². The van der Waals surface area contributed by atoms with Gasteiger partial charge >= 0.3 is 0 Å². The van der Waals surface area contributed by atoms with E-state index in [1.807, 2.05) is 0 Å². The lowest BCUT2D eigenvalue weighted by Crippen LogP contribution is -2.10. The maximum absolute atomic E-state index is 10.7. The number of methoxy groups -OCH3 is 1. The summed E-state index contributed by atoms with van der Waals surface area (Å²) in [4.78, 5) is 10.3. The van der Waals surface area contributed by atoms with Gasteiger partial charge in [0.05, 0.1) is 24.7 Å². The van der Waals surface area contributed by atoms with E-state index in [1.54, 1.807) is 6.07 Å². The van der Waals surface area contributed by atoms with Crippen molar-refractivity contribution < 1.29 is 14.4 Å². The predicted octanol–water partition coefficient (Wildman–Crippen LogP) is 3.42. The van der Waals surface area contributed by atoms with E-state index in [-0.39, 0.29) is 5.69 Å². The van der Waals surface area contributed by atoms with E-state index < -0.39 is 4.92 Å². The molecule has 18 heavy (non-hydrogen) atoms. The van der Waals surface area contributed by atoms with Gasteiger partial charge in [0, 0.05) is 6.07 Å². The highest BCUT2D eigenvalue weighted by molar-refractivity contribution is 5.48. The van der Waals surface area contributed by atoms with Crippen molar-refractivity contribution in [1.29, 1.82) is 0 Å². The molecule has 0 aliphatic heterocycles. The Balaban J connectivity index is 2.84. The Bertz CT molecular complexity index is 402. The van der Waals surface area contributed by atoms with Crippen molar-refractivity contribution in [3.05, 3.63) is 28.3 Å². The van der Waals surface area contributed by atoms with Crippen LogP contribution in [0, 0.1) is 16.0 Å². The quantitative estimate of drug-likeness (QED) is 0.551. The summed E-state index contributed by atoms with van der Waals surface area (Å²) in [6.45, 7) is 4.74. The molecule has 0 spiro atoms. The monoisotopic (exact) mass is 253 g/mol. The topological polar surface area (TPSA) is 61.6 Å². The molecule has 0 heterocycles. The fourth-order valence-corrected chi connectivity index (χ4v) is 1.62. The van der Waals surface area contributed by atoms with Gasteiger partial charge in [0.15, 0.2) is 11.5 Å². The van der Waals surface area contributed by atoms with Gasteiger partial charge in [-0.25, -0.2) is 0 Å². The summed E-state index contributed by atoms with van der Waals surface area (Å²) in [5, 5.41) is 10.7. The first-order valence-electron chi connectivity index (χ1n) is 6.07. The zero-order chi connectivity index (χ0) is 13.5. The Morgan fingerprint density at radius 2 is 1.94 bits per heavy atom. The molecule has 0 amide bonds. The first kappa shape index (κ1) is 14.3. The van der Waals surface area contributed by atoms with Gasteiger partial charge in [-0.2, -0.15) is 0 Å². The zero-order valence-corrected chi connectivity index (χ0v) is 11.0. The first-order valence-corrected chi connectivity index (χ1v) is 6.07. The van der Waals surface area contributed by atoms with Crippen LogP contribution in [0.2, 0.25) is 0 Å². The van der Waals surface area contributed by atoms with Crippen molar-refractivity contribution in [2.75, 3.05) is 13.7 Å². The van der Waals surface area contributed by atoms with Crippen LogP contribution < -0.4 is 9.47 Å². The highest BCUT2D eigenvalue weighted by atomic mass is 16.6. The summed E-state index contributed by atoms with van der Waals surface area (Å²) in [6, 6.07) is 4.37. The summed E-state index contributed by atoms with van der Waals surface area (Å²) in [5.41, 5.74) is 0.00958. The molecule has 0 saturated carbocycles. The fourth-order valence-electron chi connectivity index (χ4n) is 1.62. The molecule has 100 valence electrons. The summed E-state index contributed by atoms with van der Waals surface area (Å²) < 4.78 is 10.8. The molecule has 0 atom stereocenters. The molecule has 0 radical (unpaired) electrons.